The lowest BCUT2D eigenvalue weighted by Gasteiger charge is -2.05. The minimum atomic E-state index is 0.848. The Kier molecular flexibility index (Phi) is 2.94. The fourth-order valence-corrected chi connectivity index (χ4v) is 3.76. The second kappa shape index (κ2) is 5.14. The molecule has 24 heavy (non-hydrogen) atoms. The quantitative estimate of drug-likeness (QED) is 0.383. The van der Waals surface area contributed by atoms with Crippen molar-refractivity contribution in [1.82, 2.24) is 15.0 Å². The summed E-state index contributed by atoms with van der Waals surface area (Å²) in [5.74, 6) is 0.848. The molecule has 0 saturated heterocycles. The molecular formula is C20H12BrN3. The zero-order valence-electron chi connectivity index (χ0n) is 12.6. The summed E-state index contributed by atoms with van der Waals surface area (Å²) in [5.41, 5.74) is 3.08. The fourth-order valence-electron chi connectivity index (χ4n) is 3.32. The van der Waals surface area contributed by atoms with E-state index in [0.717, 1.165) is 26.9 Å². The van der Waals surface area contributed by atoms with E-state index in [4.69, 9.17) is 4.98 Å². The molecule has 114 valence electrons. The lowest BCUT2D eigenvalue weighted by Crippen LogP contribution is -1.83. The maximum absolute atomic E-state index is 4.91. The molecule has 5 rings (SSSR count). The SMILES string of the molecule is Brc1cnccc1-c1nc2c3ccccc3c3ccccc3c2[nH]1. The molecule has 1 N–H and O–H groups in total. The van der Waals surface area contributed by atoms with Gasteiger partial charge in [0.05, 0.1) is 11.0 Å². The first kappa shape index (κ1) is 13.7. The van der Waals surface area contributed by atoms with Gasteiger partial charge in [-0.15, -0.1) is 0 Å². The van der Waals surface area contributed by atoms with Crippen LogP contribution in [0.25, 0.3) is 44.0 Å². The molecule has 5 aromatic rings. The van der Waals surface area contributed by atoms with E-state index in [0.29, 0.717) is 0 Å². The normalized spacial score (nSPS) is 11.5. The lowest BCUT2D eigenvalue weighted by atomic mass is 10.0. The summed E-state index contributed by atoms with van der Waals surface area (Å²) in [6.07, 6.45) is 3.57. The number of hydrogen-bond donors (Lipinski definition) is 1. The first-order chi connectivity index (χ1) is 11.8. The zero-order valence-corrected chi connectivity index (χ0v) is 14.2. The largest absolute Gasteiger partial charge is 0.337 e. The topological polar surface area (TPSA) is 41.6 Å². The van der Waals surface area contributed by atoms with Gasteiger partial charge in [-0.05, 0) is 32.8 Å². The van der Waals surface area contributed by atoms with Gasteiger partial charge in [0, 0.05) is 33.2 Å². The molecule has 3 aromatic carbocycles. The van der Waals surface area contributed by atoms with Crippen LogP contribution < -0.4 is 0 Å². The molecule has 2 aromatic heterocycles. The van der Waals surface area contributed by atoms with Crippen molar-refractivity contribution in [2.75, 3.05) is 0 Å². The van der Waals surface area contributed by atoms with Crippen LogP contribution in [0.5, 0.6) is 0 Å². The van der Waals surface area contributed by atoms with Crippen LogP contribution in [0.3, 0.4) is 0 Å². The number of fused-ring (bicyclic) bond motifs is 6. The number of H-pyrrole nitrogens is 1. The number of aromatic nitrogens is 3. The molecule has 0 fully saturated rings. The third-order valence-electron chi connectivity index (χ3n) is 4.40. The highest BCUT2D eigenvalue weighted by Crippen LogP contribution is 2.36. The van der Waals surface area contributed by atoms with Crippen LogP contribution >= 0.6 is 15.9 Å². The average molecular weight is 374 g/mol. The second-order valence-electron chi connectivity index (χ2n) is 5.76. The maximum Gasteiger partial charge on any atom is 0.139 e. The molecule has 0 spiro atoms. The van der Waals surface area contributed by atoms with E-state index in [1.165, 1.54) is 21.5 Å². The lowest BCUT2D eigenvalue weighted by molar-refractivity contribution is 1.27. The Balaban J connectivity index is 1.98. The van der Waals surface area contributed by atoms with Gasteiger partial charge in [0.1, 0.15) is 5.82 Å². The van der Waals surface area contributed by atoms with Crippen molar-refractivity contribution >= 4 is 48.5 Å². The fraction of sp³-hybridized carbons (Fsp3) is 0. The molecule has 0 unspecified atom stereocenters. The van der Waals surface area contributed by atoms with Gasteiger partial charge in [-0.2, -0.15) is 0 Å². The molecule has 0 amide bonds. The number of imidazole rings is 1. The van der Waals surface area contributed by atoms with Crippen molar-refractivity contribution in [3.05, 3.63) is 71.5 Å². The van der Waals surface area contributed by atoms with Crippen molar-refractivity contribution in [1.29, 1.82) is 0 Å². The first-order valence-electron chi connectivity index (χ1n) is 7.72. The van der Waals surface area contributed by atoms with E-state index in [9.17, 15) is 0 Å². The summed E-state index contributed by atoms with van der Waals surface area (Å²) in [7, 11) is 0. The summed E-state index contributed by atoms with van der Waals surface area (Å²) in [4.78, 5) is 12.6. The summed E-state index contributed by atoms with van der Waals surface area (Å²) in [5, 5.41) is 4.83. The molecule has 0 aliphatic rings. The van der Waals surface area contributed by atoms with Gasteiger partial charge in [-0.3, -0.25) is 4.98 Å². The smallest absolute Gasteiger partial charge is 0.139 e. The molecule has 0 aliphatic carbocycles. The number of aromatic amines is 1. The Labute approximate surface area is 146 Å². The Morgan fingerprint density at radius 3 is 2.21 bits per heavy atom. The molecule has 0 radical (unpaired) electrons. The van der Waals surface area contributed by atoms with Gasteiger partial charge in [-0.25, -0.2) is 4.98 Å². The molecule has 0 atom stereocenters. The predicted molar refractivity (Wildman–Crippen MR) is 102 cm³/mol. The van der Waals surface area contributed by atoms with Crippen molar-refractivity contribution in [2.45, 2.75) is 0 Å². The first-order valence-corrected chi connectivity index (χ1v) is 8.51. The maximum atomic E-state index is 4.91. The molecule has 4 heteroatoms. The number of pyridine rings is 1. The summed E-state index contributed by atoms with van der Waals surface area (Å²) in [6.45, 7) is 0. The Morgan fingerprint density at radius 1 is 0.792 bits per heavy atom. The van der Waals surface area contributed by atoms with E-state index >= 15 is 0 Å². The van der Waals surface area contributed by atoms with Crippen LogP contribution in [-0.4, -0.2) is 15.0 Å². The van der Waals surface area contributed by atoms with Gasteiger partial charge in [-0.1, -0.05) is 48.5 Å². The number of benzene rings is 3. The zero-order chi connectivity index (χ0) is 16.1. The van der Waals surface area contributed by atoms with Crippen molar-refractivity contribution in [3.63, 3.8) is 0 Å². The number of nitrogens with zero attached hydrogens (tertiary/aromatic N) is 2. The van der Waals surface area contributed by atoms with Crippen LogP contribution in [-0.2, 0) is 0 Å². The van der Waals surface area contributed by atoms with Crippen molar-refractivity contribution < 1.29 is 0 Å². The molecule has 0 bridgehead atoms. The van der Waals surface area contributed by atoms with Gasteiger partial charge in [0.15, 0.2) is 0 Å². The highest BCUT2D eigenvalue weighted by molar-refractivity contribution is 9.10. The molecular weight excluding hydrogens is 362 g/mol. The number of nitrogens with one attached hydrogen (secondary N) is 1. The van der Waals surface area contributed by atoms with Crippen molar-refractivity contribution in [2.24, 2.45) is 0 Å². The molecule has 0 saturated carbocycles. The highest BCUT2D eigenvalue weighted by Gasteiger charge is 2.14. The van der Waals surface area contributed by atoms with E-state index in [2.05, 4.69) is 74.4 Å². The monoisotopic (exact) mass is 373 g/mol. The molecule has 2 heterocycles. The van der Waals surface area contributed by atoms with Gasteiger partial charge < -0.3 is 4.98 Å². The molecule has 3 nitrogen and oxygen atoms in total. The summed E-state index contributed by atoms with van der Waals surface area (Å²) < 4.78 is 0.928. The average Bonchev–Trinajstić information content (AvgIpc) is 3.08. The Morgan fingerprint density at radius 2 is 1.46 bits per heavy atom. The van der Waals surface area contributed by atoms with Gasteiger partial charge in [0.2, 0.25) is 0 Å². The van der Waals surface area contributed by atoms with Crippen molar-refractivity contribution in [3.8, 4) is 11.4 Å². The summed E-state index contributed by atoms with van der Waals surface area (Å²) >= 11 is 3.57. The van der Waals surface area contributed by atoms with Crippen LogP contribution in [0.15, 0.2) is 71.5 Å². The third kappa shape index (κ3) is 1.90. The van der Waals surface area contributed by atoms with E-state index in [1.807, 2.05) is 6.07 Å². The minimum absolute atomic E-state index is 0.848. The van der Waals surface area contributed by atoms with Gasteiger partial charge in [0.25, 0.3) is 0 Å². The van der Waals surface area contributed by atoms with Crippen LogP contribution in [0.4, 0.5) is 0 Å². The Bertz CT molecular complexity index is 1150. The number of rotatable bonds is 1. The predicted octanol–water partition coefficient (Wildman–Crippen LogP) is 5.69. The summed E-state index contributed by atoms with van der Waals surface area (Å²) in [6, 6.07) is 18.9. The number of halogens is 1. The third-order valence-corrected chi connectivity index (χ3v) is 5.03. The van der Waals surface area contributed by atoms with Gasteiger partial charge >= 0.3 is 0 Å². The van der Waals surface area contributed by atoms with Crippen LogP contribution in [0, 0.1) is 0 Å². The van der Waals surface area contributed by atoms with E-state index in [-0.39, 0.29) is 0 Å². The molecule has 0 aliphatic heterocycles. The Hall–Kier alpha value is -2.72. The van der Waals surface area contributed by atoms with Crippen LogP contribution in [0.2, 0.25) is 0 Å². The highest BCUT2D eigenvalue weighted by atomic mass is 79.9. The van der Waals surface area contributed by atoms with E-state index < -0.39 is 0 Å². The minimum Gasteiger partial charge on any atom is -0.337 e. The number of hydrogen-bond acceptors (Lipinski definition) is 2. The second-order valence-corrected chi connectivity index (χ2v) is 6.61. The van der Waals surface area contributed by atoms with Crippen LogP contribution in [0.1, 0.15) is 0 Å². The van der Waals surface area contributed by atoms with E-state index in [1.54, 1.807) is 12.4 Å². The standard InChI is InChI=1S/C20H12BrN3/c21-17-11-22-10-9-16(17)20-23-18-14-7-3-1-5-12(14)13-6-2-4-8-15(13)19(18)24-20/h1-11H,(H,23,24).